The topological polar surface area (TPSA) is 87.7 Å². The molecular weight excluding hydrogens is 236 g/mol. The van der Waals surface area contributed by atoms with Gasteiger partial charge in [0.15, 0.2) is 0 Å². The molecule has 0 aliphatic carbocycles. The first kappa shape index (κ1) is 16.7. The Morgan fingerprint density at radius 1 is 1.39 bits per heavy atom. The highest BCUT2D eigenvalue weighted by Crippen LogP contribution is 2.06. The van der Waals surface area contributed by atoms with Crippen molar-refractivity contribution in [3.8, 4) is 0 Å². The fraction of sp³-hybridized carbons (Fsp3) is 0.833. The van der Waals surface area contributed by atoms with Gasteiger partial charge in [0.2, 0.25) is 0 Å². The molecule has 0 radical (unpaired) electrons. The van der Waals surface area contributed by atoms with E-state index in [0.29, 0.717) is 19.6 Å². The summed E-state index contributed by atoms with van der Waals surface area (Å²) in [5, 5.41) is 13.9. The third-order valence-corrected chi connectivity index (χ3v) is 2.38. The standard InChI is InChI=1S/C12H24N2O4/c1-5-18-12(3,4)8-13-11(17)14-9(2)6-7-10(15)16/h9H,5-8H2,1-4H3,(H,15,16)(H2,13,14,17). The Morgan fingerprint density at radius 3 is 2.50 bits per heavy atom. The molecule has 6 nitrogen and oxygen atoms in total. The van der Waals surface area contributed by atoms with E-state index >= 15 is 0 Å². The highest BCUT2D eigenvalue weighted by atomic mass is 16.5. The van der Waals surface area contributed by atoms with Crippen LogP contribution in [0.3, 0.4) is 0 Å². The molecule has 0 aromatic rings. The van der Waals surface area contributed by atoms with Gasteiger partial charge in [0.1, 0.15) is 0 Å². The molecule has 2 amide bonds. The fourth-order valence-corrected chi connectivity index (χ4v) is 1.42. The van der Waals surface area contributed by atoms with Crippen molar-refractivity contribution < 1.29 is 19.4 Å². The Kier molecular flexibility index (Phi) is 7.35. The maximum atomic E-state index is 11.5. The average molecular weight is 260 g/mol. The van der Waals surface area contributed by atoms with Crippen LogP contribution in [0.1, 0.15) is 40.5 Å². The number of hydrogen-bond donors (Lipinski definition) is 3. The van der Waals surface area contributed by atoms with Gasteiger partial charge in [0.05, 0.1) is 5.60 Å². The van der Waals surface area contributed by atoms with Crippen molar-refractivity contribution >= 4 is 12.0 Å². The molecule has 106 valence electrons. The Labute approximate surface area is 108 Å². The molecule has 3 N–H and O–H groups in total. The van der Waals surface area contributed by atoms with Crippen molar-refractivity contribution in [2.45, 2.75) is 52.2 Å². The van der Waals surface area contributed by atoms with Crippen molar-refractivity contribution in [2.24, 2.45) is 0 Å². The van der Waals surface area contributed by atoms with Crippen LogP contribution in [0.2, 0.25) is 0 Å². The third-order valence-electron chi connectivity index (χ3n) is 2.38. The van der Waals surface area contributed by atoms with Gasteiger partial charge in [-0.2, -0.15) is 0 Å². The van der Waals surface area contributed by atoms with Gasteiger partial charge < -0.3 is 20.5 Å². The zero-order valence-corrected chi connectivity index (χ0v) is 11.6. The lowest BCUT2D eigenvalue weighted by Crippen LogP contribution is -2.47. The van der Waals surface area contributed by atoms with Crippen molar-refractivity contribution in [1.29, 1.82) is 0 Å². The minimum absolute atomic E-state index is 0.0475. The maximum absolute atomic E-state index is 11.5. The molecule has 0 aromatic carbocycles. The molecule has 18 heavy (non-hydrogen) atoms. The summed E-state index contributed by atoms with van der Waals surface area (Å²) >= 11 is 0. The molecule has 6 heteroatoms. The SMILES string of the molecule is CCOC(C)(C)CNC(=O)NC(C)CCC(=O)O. The van der Waals surface area contributed by atoms with Crippen molar-refractivity contribution in [2.75, 3.05) is 13.2 Å². The number of hydrogen-bond acceptors (Lipinski definition) is 3. The van der Waals surface area contributed by atoms with Crippen LogP contribution < -0.4 is 10.6 Å². The van der Waals surface area contributed by atoms with Crippen molar-refractivity contribution in [3.05, 3.63) is 0 Å². The number of rotatable bonds is 8. The van der Waals surface area contributed by atoms with Gasteiger partial charge >= 0.3 is 12.0 Å². The maximum Gasteiger partial charge on any atom is 0.315 e. The number of carboxylic acids is 1. The molecule has 0 spiro atoms. The minimum atomic E-state index is -0.860. The molecule has 0 bridgehead atoms. The Bertz CT molecular complexity index is 279. The normalized spacial score (nSPS) is 12.9. The van der Waals surface area contributed by atoms with Gasteiger partial charge in [0.25, 0.3) is 0 Å². The summed E-state index contributed by atoms with van der Waals surface area (Å²) in [5.41, 5.74) is -0.406. The predicted octanol–water partition coefficient (Wildman–Crippen LogP) is 1.35. The zero-order chi connectivity index (χ0) is 14.2. The van der Waals surface area contributed by atoms with E-state index in [0.717, 1.165) is 0 Å². The molecule has 0 aliphatic rings. The average Bonchev–Trinajstić information content (AvgIpc) is 2.24. The number of aliphatic carboxylic acids is 1. The molecule has 0 heterocycles. The van der Waals surface area contributed by atoms with Crippen LogP contribution >= 0.6 is 0 Å². The number of amides is 2. The number of urea groups is 1. The second kappa shape index (κ2) is 7.92. The summed E-state index contributed by atoms with van der Waals surface area (Å²) in [5.74, 6) is -0.860. The first-order chi connectivity index (χ1) is 8.26. The van der Waals surface area contributed by atoms with Crippen LogP contribution in [-0.2, 0) is 9.53 Å². The van der Waals surface area contributed by atoms with Gasteiger partial charge in [0, 0.05) is 25.6 Å². The largest absolute Gasteiger partial charge is 0.481 e. The summed E-state index contributed by atoms with van der Waals surface area (Å²) in [6.07, 6.45) is 0.462. The Hall–Kier alpha value is -1.30. The second-order valence-corrected chi connectivity index (χ2v) is 4.85. The van der Waals surface area contributed by atoms with E-state index in [1.54, 1.807) is 6.92 Å². The third kappa shape index (κ3) is 8.81. The smallest absolute Gasteiger partial charge is 0.315 e. The minimum Gasteiger partial charge on any atom is -0.481 e. The Balaban J connectivity index is 3.86. The lowest BCUT2D eigenvalue weighted by atomic mass is 10.1. The van der Waals surface area contributed by atoms with Crippen LogP contribution in [-0.4, -0.2) is 41.9 Å². The molecular formula is C12H24N2O4. The zero-order valence-electron chi connectivity index (χ0n) is 11.6. The lowest BCUT2D eigenvalue weighted by molar-refractivity contribution is -0.137. The molecule has 0 aliphatic heterocycles. The molecule has 1 atom stereocenters. The molecule has 0 saturated carbocycles. The van der Waals surface area contributed by atoms with E-state index in [-0.39, 0.29) is 18.5 Å². The monoisotopic (exact) mass is 260 g/mol. The lowest BCUT2D eigenvalue weighted by Gasteiger charge is -2.25. The summed E-state index contributed by atoms with van der Waals surface area (Å²) < 4.78 is 5.44. The molecule has 0 saturated heterocycles. The predicted molar refractivity (Wildman–Crippen MR) is 68.6 cm³/mol. The van der Waals surface area contributed by atoms with Crippen molar-refractivity contribution in [1.82, 2.24) is 10.6 Å². The van der Waals surface area contributed by atoms with Crippen molar-refractivity contribution in [3.63, 3.8) is 0 Å². The summed E-state index contributed by atoms with van der Waals surface area (Å²) in [6, 6.07) is -0.475. The summed E-state index contributed by atoms with van der Waals surface area (Å²) in [4.78, 5) is 21.9. The van der Waals surface area contributed by atoms with E-state index in [1.165, 1.54) is 0 Å². The highest BCUT2D eigenvalue weighted by molar-refractivity contribution is 5.74. The van der Waals surface area contributed by atoms with Gasteiger partial charge in [-0.15, -0.1) is 0 Å². The van der Waals surface area contributed by atoms with Crippen LogP contribution in [0.15, 0.2) is 0 Å². The van der Waals surface area contributed by atoms with E-state index < -0.39 is 11.6 Å². The van der Waals surface area contributed by atoms with Gasteiger partial charge in [-0.05, 0) is 34.1 Å². The number of carbonyl (C=O) groups is 2. The van der Waals surface area contributed by atoms with Crippen LogP contribution in [0.25, 0.3) is 0 Å². The van der Waals surface area contributed by atoms with E-state index in [1.807, 2.05) is 20.8 Å². The van der Waals surface area contributed by atoms with Gasteiger partial charge in [-0.3, -0.25) is 4.79 Å². The fourth-order valence-electron chi connectivity index (χ4n) is 1.42. The molecule has 0 aromatic heterocycles. The number of ether oxygens (including phenoxy) is 1. The Morgan fingerprint density at radius 2 is 2.00 bits per heavy atom. The van der Waals surface area contributed by atoms with Crippen LogP contribution in [0, 0.1) is 0 Å². The summed E-state index contributed by atoms with van der Waals surface area (Å²) in [6.45, 7) is 8.45. The molecule has 0 rings (SSSR count). The second-order valence-electron chi connectivity index (χ2n) is 4.85. The van der Waals surface area contributed by atoms with Crippen LogP contribution in [0.5, 0.6) is 0 Å². The van der Waals surface area contributed by atoms with E-state index in [4.69, 9.17) is 9.84 Å². The van der Waals surface area contributed by atoms with E-state index in [9.17, 15) is 9.59 Å². The number of carboxylic acid groups (broad SMARTS) is 1. The number of nitrogens with one attached hydrogen (secondary N) is 2. The van der Waals surface area contributed by atoms with Gasteiger partial charge in [-0.25, -0.2) is 4.79 Å². The first-order valence-electron chi connectivity index (χ1n) is 6.17. The van der Waals surface area contributed by atoms with E-state index in [2.05, 4.69) is 10.6 Å². The molecule has 1 unspecified atom stereocenters. The molecule has 0 fully saturated rings. The number of carbonyl (C=O) groups excluding carboxylic acids is 1. The highest BCUT2D eigenvalue weighted by Gasteiger charge is 2.19. The first-order valence-corrected chi connectivity index (χ1v) is 6.17. The van der Waals surface area contributed by atoms with Crippen LogP contribution in [0.4, 0.5) is 4.79 Å². The quantitative estimate of drug-likeness (QED) is 0.615. The van der Waals surface area contributed by atoms with Gasteiger partial charge in [-0.1, -0.05) is 0 Å². The summed E-state index contributed by atoms with van der Waals surface area (Å²) in [7, 11) is 0.